The fraction of sp³-hybridized carbons (Fsp3) is 0.227. The van der Waals surface area contributed by atoms with Gasteiger partial charge in [0.2, 0.25) is 0 Å². The third-order valence-electron chi connectivity index (χ3n) is 4.94. The minimum absolute atomic E-state index is 0.133. The maximum atomic E-state index is 12.7. The van der Waals surface area contributed by atoms with Crippen LogP contribution < -0.4 is 5.32 Å². The Morgan fingerprint density at radius 3 is 2.34 bits per heavy atom. The average Bonchev–Trinajstić information content (AvgIpc) is 3.30. The van der Waals surface area contributed by atoms with Crippen LogP contribution in [0.4, 0.5) is 18.9 Å². The topological polar surface area (TPSA) is 76.5 Å². The number of morpholine rings is 1. The number of ether oxygens (including phenoxy) is 1. The zero-order valence-electron chi connectivity index (χ0n) is 16.8. The van der Waals surface area contributed by atoms with Gasteiger partial charge >= 0.3 is 6.18 Å². The molecule has 1 aliphatic heterocycles. The Labute approximate surface area is 181 Å². The number of halogens is 3. The Balaban J connectivity index is 1.44. The van der Waals surface area contributed by atoms with Gasteiger partial charge in [-0.3, -0.25) is 9.59 Å². The van der Waals surface area contributed by atoms with Gasteiger partial charge in [-0.25, -0.2) is 4.68 Å². The van der Waals surface area contributed by atoms with Crippen LogP contribution in [0.25, 0.3) is 5.69 Å². The molecule has 1 saturated heterocycles. The molecule has 166 valence electrons. The maximum absolute atomic E-state index is 12.7. The summed E-state index contributed by atoms with van der Waals surface area (Å²) in [5, 5.41) is 6.24. The molecule has 0 radical (unpaired) electrons. The van der Waals surface area contributed by atoms with Crippen molar-refractivity contribution in [1.82, 2.24) is 14.7 Å². The fourth-order valence-corrected chi connectivity index (χ4v) is 3.27. The lowest BCUT2D eigenvalue weighted by molar-refractivity contribution is -0.141. The zero-order chi connectivity index (χ0) is 22.7. The molecule has 4 rings (SSSR count). The lowest BCUT2D eigenvalue weighted by atomic mass is 10.1. The molecule has 1 fully saturated rings. The van der Waals surface area contributed by atoms with Crippen molar-refractivity contribution in [2.45, 2.75) is 6.18 Å². The summed E-state index contributed by atoms with van der Waals surface area (Å²) >= 11 is 0. The molecule has 32 heavy (non-hydrogen) atoms. The largest absolute Gasteiger partial charge is 0.435 e. The van der Waals surface area contributed by atoms with E-state index in [0.717, 1.165) is 10.7 Å². The standard InChI is InChI=1S/C22H19F3N4O3/c23-22(24,25)19-8-9-29(27-19)18-6-4-15(5-7-18)20(30)26-17-3-1-2-16(14-17)21(31)28-10-12-32-13-11-28/h1-9,14H,10-13H2,(H,26,30). The van der Waals surface area contributed by atoms with E-state index in [2.05, 4.69) is 10.4 Å². The van der Waals surface area contributed by atoms with E-state index in [1.165, 1.54) is 30.5 Å². The monoisotopic (exact) mass is 444 g/mol. The normalized spacial score (nSPS) is 14.3. The first-order chi connectivity index (χ1) is 15.3. The maximum Gasteiger partial charge on any atom is 0.435 e. The molecule has 0 saturated carbocycles. The number of hydrogen-bond donors (Lipinski definition) is 1. The van der Waals surface area contributed by atoms with E-state index in [-0.39, 0.29) is 5.91 Å². The van der Waals surface area contributed by atoms with Crippen molar-refractivity contribution < 1.29 is 27.5 Å². The van der Waals surface area contributed by atoms with Gasteiger partial charge in [-0.2, -0.15) is 18.3 Å². The van der Waals surface area contributed by atoms with E-state index in [9.17, 15) is 22.8 Å². The van der Waals surface area contributed by atoms with Crippen LogP contribution in [0.3, 0.4) is 0 Å². The molecule has 7 nitrogen and oxygen atoms in total. The molecule has 0 unspecified atom stereocenters. The van der Waals surface area contributed by atoms with Crippen molar-refractivity contribution in [3.8, 4) is 5.69 Å². The number of nitrogens with one attached hydrogen (secondary N) is 1. The van der Waals surface area contributed by atoms with Crippen molar-refractivity contribution in [3.05, 3.63) is 77.6 Å². The highest BCUT2D eigenvalue weighted by Crippen LogP contribution is 2.28. The Morgan fingerprint density at radius 1 is 0.969 bits per heavy atom. The molecule has 2 aromatic carbocycles. The molecule has 0 bridgehead atoms. The van der Waals surface area contributed by atoms with Crippen LogP contribution in [0.15, 0.2) is 60.8 Å². The molecule has 0 aliphatic carbocycles. The van der Waals surface area contributed by atoms with E-state index in [0.29, 0.717) is 48.8 Å². The summed E-state index contributed by atoms with van der Waals surface area (Å²) in [6.45, 7) is 2.02. The van der Waals surface area contributed by atoms with Crippen LogP contribution in [0, 0.1) is 0 Å². The average molecular weight is 444 g/mol. The Kier molecular flexibility index (Phi) is 5.95. The highest BCUT2D eigenvalue weighted by atomic mass is 19.4. The quantitative estimate of drug-likeness (QED) is 0.667. The van der Waals surface area contributed by atoms with E-state index in [1.54, 1.807) is 29.2 Å². The first-order valence-electron chi connectivity index (χ1n) is 9.83. The summed E-state index contributed by atoms with van der Waals surface area (Å²) in [7, 11) is 0. The van der Waals surface area contributed by atoms with Gasteiger partial charge in [-0.05, 0) is 48.5 Å². The predicted molar refractivity (Wildman–Crippen MR) is 110 cm³/mol. The lowest BCUT2D eigenvalue weighted by Crippen LogP contribution is -2.40. The van der Waals surface area contributed by atoms with Gasteiger partial charge in [-0.1, -0.05) is 6.07 Å². The van der Waals surface area contributed by atoms with E-state index in [1.807, 2.05) is 0 Å². The van der Waals surface area contributed by atoms with Crippen LogP contribution in [-0.2, 0) is 10.9 Å². The summed E-state index contributed by atoms with van der Waals surface area (Å²) in [5.41, 5.74) is 0.613. The highest BCUT2D eigenvalue weighted by molar-refractivity contribution is 6.05. The molecule has 1 N–H and O–H groups in total. The van der Waals surface area contributed by atoms with Crippen molar-refractivity contribution in [2.24, 2.45) is 0 Å². The van der Waals surface area contributed by atoms with Crippen molar-refractivity contribution >= 4 is 17.5 Å². The summed E-state index contributed by atoms with van der Waals surface area (Å²) in [5.74, 6) is -0.546. The number of aromatic nitrogens is 2. The van der Waals surface area contributed by atoms with Crippen LogP contribution in [0.1, 0.15) is 26.4 Å². The van der Waals surface area contributed by atoms with Crippen molar-refractivity contribution in [2.75, 3.05) is 31.6 Å². The Hall–Kier alpha value is -3.66. The van der Waals surface area contributed by atoms with Crippen LogP contribution in [-0.4, -0.2) is 52.8 Å². The van der Waals surface area contributed by atoms with Crippen molar-refractivity contribution in [3.63, 3.8) is 0 Å². The first-order valence-corrected chi connectivity index (χ1v) is 9.83. The predicted octanol–water partition coefficient (Wildman–Crippen LogP) is 3.62. The number of nitrogens with zero attached hydrogens (tertiary/aromatic N) is 3. The zero-order valence-corrected chi connectivity index (χ0v) is 16.8. The molecule has 3 aromatic rings. The van der Waals surface area contributed by atoms with Gasteiger partial charge < -0.3 is 15.0 Å². The molecule has 0 atom stereocenters. The number of alkyl halides is 3. The minimum atomic E-state index is -4.53. The highest BCUT2D eigenvalue weighted by Gasteiger charge is 2.33. The summed E-state index contributed by atoms with van der Waals surface area (Å²) in [6.07, 6.45) is -3.32. The molecule has 2 amide bonds. The summed E-state index contributed by atoms with van der Waals surface area (Å²) in [6, 6.07) is 13.5. The summed E-state index contributed by atoms with van der Waals surface area (Å²) in [4.78, 5) is 26.9. The molecule has 0 spiro atoms. The number of carbonyl (C=O) groups excluding carboxylic acids is 2. The molecule has 1 aliphatic rings. The van der Waals surface area contributed by atoms with Gasteiger partial charge in [-0.15, -0.1) is 0 Å². The molecule has 10 heteroatoms. The van der Waals surface area contributed by atoms with E-state index < -0.39 is 17.8 Å². The summed E-state index contributed by atoms with van der Waals surface area (Å²) < 4.78 is 44.5. The third-order valence-corrected chi connectivity index (χ3v) is 4.94. The number of anilines is 1. The molecule has 1 aromatic heterocycles. The van der Waals surface area contributed by atoms with Crippen LogP contribution >= 0.6 is 0 Å². The van der Waals surface area contributed by atoms with E-state index in [4.69, 9.17) is 4.74 Å². The Morgan fingerprint density at radius 2 is 1.69 bits per heavy atom. The second-order valence-electron chi connectivity index (χ2n) is 7.13. The minimum Gasteiger partial charge on any atom is -0.378 e. The second kappa shape index (κ2) is 8.83. The first kappa shape index (κ1) is 21.6. The molecular weight excluding hydrogens is 425 g/mol. The second-order valence-corrected chi connectivity index (χ2v) is 7.13. The molecule has 2 heterocycles. The Bertz CT molecular complexity index is 1120. The molecular formula is C22H19F3N4O3. The van der Waals surface area contributed by atoms with Crippen molar-refractivity contribution in [1.29, 1.82) is 0 Å². The number of carbonyl (C=O) groups is 2. The number of rotatable bonds is 4. The van der Waals surface area contributed by atoms with E-state index >= 15 is 0 Å². The lowest BCUT2D eigenvalue weighted by Gasteiger charge is -2.27. The van der Waals surface area contributed by atoms with Gasteiger partial charge in [0.15, 0.2) is 5.69 Å². The SMILES string of the molecule is O=C(Nc1cccc(C(=O)N2CCOCC2)c1)c1ccc(-n2ccc(C(F)(F)F)n2)cc1. The third kappa shape index (κ3) is 4.80. The number of hydrogen-bond acceptors (Lipinski definition) is 4. The van der Waals surface area contributed by atoms with Gasteiger partial charge in [0.1, 0.15) is 0 Å². The van der Waals surface area contributed by atoms with Gasteiger partial charge in [0.25, 0.3) is 11.8 Å². The number of benzene rings is 2. The van der Waals surface area contributed by atoms with Crippen LogP contribution in [0.5, 0.6) is 0 Å². The van der Waals surface area contributed by atoms with Gasteiger partial charge in [0.05, 0.1) is 18.9 Å². The van der Waals surface area contributed by atoms with Gasteiger partial charge in [0, 0.05) is 36.1 Å². The smallest absolute Gasteiger partial charge is 0.378 e. The fourth-order valence-electron chi connectivity index (χ4n) is 3.27. The van der Waals surface area contributed by atoms with Crippen LogP contribution in [0.2, 0.25) is 0 Å². The number of amides is 2.